The van der Waals surface area contributed by atoms with Gasteiger partial charge >= 0.3 is 0 Å². The Bertz CT molecular complexity index is 1040. The van der Waals surface area contributed by atoms with Crippen LogP contribution in [-0.2, 0) is 9.59 Å². The maximum Gasteiger partial charge on any atom is 0.283 e. The highest BCUT2D eigenvalue weighted by Gasteiger charge is 2.33. The Morgan fingerprint density at radius 2 is 1.75 bits per heavy atom. The third-order valence-corrected chi connectivity index (χ3v) is 6.49. The van der Waals surface area contributed by atoms with Gasteiger partial charge in [-0.15, -0.1) is 0 Å². The number of halogens is 1. The molecule has 0 N–H and O–H groups in total. The molecule has 2 heterocycles. The molecule has 2 aliphatic heterocycles. The minimum atomic E-state index is -0.380. The molecule has 166 valence electrons. The maximum atomic E-state index is 13.5. The van der Waals surface area contributed by atoms with Crippen LogP contribution in [0.1, 0.15) is 25.8 Å². The van der Waals surface area contributed by atoms with Crippen LogP contribution in [0.25, 0.3) is 6.08 Å². The van der Waals surface area contributed by atoms with E-state index >= 15 is 0 Å². The van der Waals surface area contributed by atoms with Crippen LogP contribution in [0.4, 0.5) is 10.1 Å². The third-order valence-electron chi connectivity index (χ3n) is 5.56. The smallest absolute Gasteiger partial charge is 0.283 e. The minimum Gasteiger partial charge on any atom is -0.341 e. The largest absolute Gasteiger partial charge is 0.341 e. The molecule has 2 aromatic rings. The standard InChI is InChI=1S/C25H26FN3O2S/c1-17-12-18(2)15-28(14-17)23(30)16-32-25-27-22(13-19-6-4-3-5-7-19)24(31)29(25)21-10-8-20(26)9-11-21/h3-11,13,17-18H,12,14-16H2,1-2H3. The van der Waals surface area contributed by atoms with Gasteiger partial charge in [0.15, 0.2) is 5.17 Å². The maximum absolute atomic E-state index is 13.5. The highest BCUT2D eigenvalue weighted by Crippen LogP contribution is 2.30. The van der Waals surface area contributed by atoms with E-state index in [2.05, 4.69) is 18.8 Å². The van der Waals surface area contributed by atoms with Gasteiger partial charge in [0.25, 0.3) is 5.91 Å². The van der Waals surface area contributed by atoms with Gasteiger partial charge in [0.2, 0.25) is 5.91 Å². The predicted molar refractivity (Wildman–Crippen MR) is 128 cm³/mol. The van der Waals surface area contributed by atoms with Gasteiger partial charge in [-0.1, -0.05) is 55.9 Å². The molecule has 4 rings (SSSR count). The number of carbonyl (C=O) groups excluding carboxylic acids is 2. The molecule has 0 spiro atoms. The second-order valence-corrected chi connectivity index (χ2v) is 9.43. The van der Waals surface area contributed by atoms with Crippen molar-refractivity contribution in [2.45, 2.75) is 20.3 Å². The Hall–Kier alpha value is -2.93. The second-order valence-electron chi connectivity index (χ2n) is 8.49. The Labute approximate surface area is 192 Å². The van der Waals surface area contributed by atoms with E-state index in [1.165, 1.54) is 28.8 Å². The number of amidine groups is 1. The number of rotatable bonds is 4. The molecule has 0 radical (unpaired) electrons. The van der Waals surface area contributed by atoms with Crippen LogP contribution in [0.2, 0.25) is 0 Å². The fourth-order valence-electron chi connectivity index (χ4n) is 4.20. The number of nitrogens with zero attached hydrogens (tertiary/aromatic N) is 3. The van der Waals surface area contributed by atoms with Gasteiger partial charge in [0, 0.05) is 13.1 Å². The van der Waals surface area contributed by atoms with Crippen molar-refractivity contribution in [2.24, 2.45) is 16.8 Å². The van der Waals surface area contributed by atoms with Gasteiger partial charge in [-0.2, -0.15) is 0 Å². The summed E-state index contributed by atoms with van der Waals surface area (Å²) in [6.07, 6.45) is 2.85. The van der Waals surface area contributed by atoms with Crippen molar-refractivity contribution in [1.29, 1.82) is 0 Å². The van der Waals surface area contributed by atoms with Crippen molar-refractivity contribution in [3.8, 4) is 0 Å². The first kappa shape index (κ1) is 22.3. The highest BCUT2D eigenvalue weighted by molar-refractivity contribution is 8.14. The normalized spacial score (nSPS) is 22.4. The predicted octanol–water partition coefficient (Wildman–Crippen LogP) is 4.81. The summed E-state index contributed by atoms with van der Waals surface area (Å²) < 4.78 is 13.5. The van der Waals surface area contributed by atoms with Crippen LogP contribution in [0, 0.1) is 17.7 Å². The number of amides is 2. The van der Waals surface area contributed by atoms with Crippen LogP contribution in [0.15, 0.2) is 65.3 Å². The summed E-state index contributed by atoms with van der Waals surface area (Å²) in [4.78, 5) is 34.0. The molecule has 0 saturated carbocycles. The van der Waals surface area contributed by atoms with Crippen molar-refractivity contribution >= 4 is 40.5 Å². The van der Waals surface area contributed by atoms with E-state index in [9.17, 15) is 14.0 Å². The van der Waals surface area contributed by atoms with E-state index in [-0.39, 0.29) is 29.1 Å². The van der Waals surface area contributed by atoms with E-state index in [4.69, 9.17) is 0 Å². The zero-order valence-corrected chi connectivity index (χ0v) is 19.0. The van der Waals surface area contributed by atoms with Crippen molar-refractivity contribution in [3.05, 3.63) is 71.7 Å². The molecule has 5 nitrogen and oxygen atoms in total. The van der Waals surface area contributed by atoms with Gasteiger partial charge in [-0.3, -0.25) is 14.5 Å². The average molecular weight is 452 g/mol. The quantitative estimate of drug-likeness (QED) is 0.627. The monoisotopic (exact) mass is 451 g/mol. The molecule has 0 aromatic heterocycles. The lowest BCUT2D eigenvalue weighted by atomic mass is 9.92. The molecule has 2 atom stereocenters. The lowest BCUT2D eigenvalue weighted by molar-refractivity contribution is -0.131. The molecule has 32 heavy (non-hydrogen) atoms. The molecule has 2 aliphatic rings. The average Bonchev–Trinajstić information content (AvgIpc) is 3.07. The summed E-state index contributed by atoms with van der Waals surface area (Å²) in [6, 6.07) is 15.2. The zero-order valence-electron chi connectivity index (χ0n) is 18.2. The van der Waals surface area contributed by atoms with E-state index in [0.29, 0.717) is 22.7 Å². The Morgan fingerprint density at radius 3 is 2.41 bits per heavy atom. The molecule has 1 fully saturated rings. The van der Waals surface area contributed by atoms with Crippen molar-refractivity contribution in [2.75, 3.05) is 23.7 Å². The molecular formula is C25H26FN3O2S. The summed E-state index contributed by atoms with van der Waals surface area (Å²) in [5.41, 5.74) is 1.67. The van der Waals surface area contributed by atoms with E-state index in [1.807, 2.05) is 35.2 Å². The van der Waals surface area contributed by atoms with Gasteiger partial charge in [-0.05, 0) is 54.2 Å². The molecule has 2 aromatic carbocycles. The van der Waals surface area contributed by atoms with E-state index < -0.39 is 0 Å². The summed E-state index contributed by atoms with van der Waals surface area (Å²) in [7, 11) is 0. The lowest BCUT2D eigenvalue weighted by Crippen LogP contribution is -2.43. The van der Waals surface area contributed by atoms with Gasteiger partial charge in [-0.25, -0.2) is 9.38 Å². The number of thioether (sulfide) groups is 1. The summed E-state index contributed by atoms with van der Waals surface area (Å²) >= 11 is 1.24. The van der Waals surface area contributed by atoms with Crippen molar-refractivity contribution < 1.29 is 14.0 Å². The van der Waals surface area contributed by atoms with Crippen LogP contribution in [0.5, 0.6) is 0 Å². The number of benzene rings is 2. The Kier molecular flexibility index (Phi) is 6.74. The van der Waals surface area contributed by atoms with Gasteiger partial charge in [0.05, 0.1) is 11.4 Å². The molecule has 1 saturated heterocycles. The van der Waals surface area contributed by atoms with Crippen LogP contribution in [0.3, 0.4) is 0 Å². The number of piperidine rings is 1. The number of likely N-dealkylation sites (tertiary alicyclic amines) is 1. The molecule has 0 bridgehead atoms. The first-order valence-corrected chi connectivity index (χ1v) is 11.8. The SMILES string of the molecule is CC1CC(C)CN(C(=O)CSC2=NC(=Cc3ccccc3)C(=O)N2c2ccc(F)cc2)C1. The third kappa shape index (κ3) is 5.10. The lowest BCUT2D eigenvalue weighted by Gasteiger charge is -2.35. The van der Waals surface area contributed by atoms with Crippen molar-refractivity contribution in [3.63, 3.8) is 0 Å². The molecule has 0 aliphatic carbocycles. The second kappa shape index (κ2) is 9.69. The number of aliphatic imine (C=N–C) groups is 1. The first-order valence-electron chi connectivity index (χ1n) is 10.8. The number of anilines is 1. The zero-order chi connectivity index (χ0) is 22.7. The number of hydrogen-bond donors (Lipinski definition) is 0. The summed E-state index contributed by atoms with van der Waals surface area (Å²) in [6.45, 7) is 5.85. The summed E-state index contributed by atoms with van der Waals surface area (Å²) in [5.74, 6) is 0.527. The van der Waals surface area contributed by atoms with E-state index in [1.54, 1.807) is 18.2 Å². The fourth-order valence-corrected chi connectivity index (χ4v) is 5.12. The van der Waals surface area contributed by atoms with Gasteiger partial charge in [0.1, 0.15) is 11.5 Å². The van der Waals surface area contributed by atoms with E-state index in [0.717, 1.165) is 25.1 Å². The Morgan fingerprint density at radius 1 is 1.09 bits per heavy atom. The first-order chi connectivity index (χ1) is 15.4. The molecule has 7 heteroatoms. The topological polar surface area (TPSA) is 53.0 Å². The van der Waals surface area contributed by atoms with Crippen LogP contribution >= 0.6 is 11.8 Å². The molecular weight excluding hydrogens is 425 g/mol. The van der Waals surface area contributed by atoms with Gasteiger partial charge < -0.3 is 4.90 Å². The Balaban J connectivity index is 1.56. The van der Waals surface area contributed by atoms with Crippen molar-refractivity contribution in [1.82, 2.24) is 4.90 Å². The van der Waals surface area contributed by atoms with Crippen LogP contribution < -0.4 is 4.90 Å². The fraction of sp³-hybridized carbons (Fsp3) is 0.320. The highest BCUT2D eigenvalue weighted by atomic mass is 32.2. The number of carbonyl (C=O) groups is 2. The number of hydrogen-bond acceptors (Lipinski definition) is 4. The molecule has 2 amide bonds. The molecule has 2 unspecified atom stereocenters. The minimum absolute atomic E-state index is 0.0445. The summed E-state index contributed by atoms with van der Waals surface area (Å²) in [5, 5.41) is 0.426. The van der Waals surface area contributed by atoms with Crippen LogP contribution in [-0.4, -0.2) is 40.7 Å².